The molecule has 3 N–H and O–H groups in total. The lowest BCUT2D eigenvalue weighted by atomic mass is 10.0. The zero-order chi connectivity index (χ0) is 13.0. The maximum absolute atomic E-state index is 10.5. The third-order valence-corrected chi connectivity index (χ3v) is 2.76. The minimum Gasteiger partial charge on any atom is -0.390 e. The van der Waals surface area contributed by atoms with Crippen molar-refractivity contribution >= 4 is 5.69 Å². The van der Waals surface area contributed by atoms with Gasteiger partial charge in [0.05, 0.1) is 25.6 Å². The number of nitro groups is 1. The molecule has 0 aliphatic heterocycles. The summed E-state index contributed by atoms with van der Waals surface area (Å²) < 4.78 is 0. The number of aliphatic hydroxyl groups excluding tert-OH is 2. The van der Waals surface area contributed by atoms with Crippen LogP contribution in [0.2, 0.25) is 0 Å². The molecule has 1 rings (SSSR count). The first-order valence-corrected chi connectivity index (χ1v) is 5.30. The van der Waals surface area contributed by atoms with Crippen LogP contribution in [0.5, 0.6) is 0 Å². The van der Waals surface area contributed by atoms with Crippen molar-refractivity contribution in [3.63, 3.8) is 0 Å². The molecule has 0 aliphatic rings. The van der Waals surface area contributed by atoms with E-state index >= 15 is 0 Å². The van der Waals surface area contributed by atoms with Crippen LogP contribution in [0, 0.1) is 10.1 Å². The van der Waals surface area contributed by atoms with E-state index in [0.29, 0.717) is 5.56 Å². The molecule has 0 saturated heterocycles. The molecule has 0 saturated carbocycles. The quantitative estimate of drug-likeness (QED) is 0.462. The van der Waals surface area contributed by atoms with Crippen LogP contribution in [-0.4, -0.2) is 41.9 Å². The Morgan fingerprint density at radius 3 is 2.24 bits per heavy atom. The maximum Gasteiger partial charge on any atom is 0.269 e. The molecule has 1 aromatic rings. The molecule has 0 fully saturated rings. The van der Waals surface area contributed by atoms with E-state index in [1.807, 2.05) is 14.1 Å². The Kier molecular flexibility index (Phi) is 4.56. The van der Waals surface area contributed by atoms with Crippen molar-refractivity contribution in [1.29, 1.82) is 0 Å². The molecule has 6 nitrogen and oxygen atoms in total. The minimum atomic E-state index is -0.842. The number of non-ortho nitro benzene ring substituents is 1. The van der Waals surface area contributed by atoms with Gasteiger partial charge in [0.2, 0.25) is 0 Å². The first-order valence-electron chi connectivity index (χ1n) is 5.30. The molecular weight excluding hydrogens is 224 g/mol. The smallest absolute Gasteiger partial charge is 0.269 e. The molecule has 0 bridgehead atoms. The van der Waals surface area contributed by atoms with Gasteiger partial charge < -0.3 is 15.1 Å². The van der Waals surface area contributed by atoms with Crippen LogP contribution in [-0.2, 0) is 0 Å². The fraction of sp³-hybridized carbons (Fsp3) is 0.455. The molecule has 1 aromatic carbocycles. The summed E-state index contributed by atoms with van der Waals surface area (Å²) in [6, 6.07) is 5.36. The average Bonchev–Trinajstić information content (AvgIpc) is 2.29. The topological polar surface area (TPSA) is 88.0 Å². The molecule has 0 unspecified atom stereocenters. The number of hydrogen-bond donors (Lipinski definition) is 3. The van der Waals surface area contributed by atoms with E-state index in [4.69, 9.17) is 0 Å². The minimum absolute atomic E-state index is 0.0151. The second kappa shape index (κ2) is 5.72. The van der Waals surface area contributed by atoms with E-state index in [2.05, 4.69) is 0 Å². The van der Waals surface area contributed by atoms with Crippen molar-refractivity contribution in [2.45, 2.75) is 12.1 Å². The number of rotatable bonds is 5. The van der Waals surface area contributed by atoms with Crippen molar-refractivity contribution in [2.75, 3.05) is 20.7 Å². The lowest BCUT2D eigenvalue weighted by molar-refractivity contribution is -0.891. The molecule has 0 aromatic heterocycles. The van der Waals surface area contributed by atoms with Crippen LogP contribution in [0.4, 0.5) is 5.69 Å². The molecule has 17 heavy (non-hydrogen) atoms. The first-order chi connectivity index (χ1) is 7.97. The van der Waals surface area contributed by atoms with Crippen molar-refractivity contribution in [3.8, 4) is 0 Å². The summed E-state index contributed by atoms with van der Waals surface area (Å²) in [5.41, 5.74) is 0.551. The van der Waals surface area contributed by atoms with Crippen LogP contribution < -0.4 is 4.90 Å². The second-order valence-electron chi connectivity index (χ2n) is 4.16. The Bertz CT molecular complexity index is 378. The highest BCUT2D eigenvalue weighted by molar-refractivity contribution is 5.34. The third kappa shape index (κ3) is 3.23. The Morgan fingerprint density at radius 1 is 1.35 bits per heavy atom. The second-order valence-corrected chi connectivity index (χ2v) is 4.16. The summed E-state index contributed by atoms with van der Waals surface area (Å²) in [6.07, 6.45) is -0.842. The van der Waals surface area contributed by atoms with Crippen LogP contribution in [0.3, 0.4) is 0 Å². The molecule has 0 spiro atoms. The predicted octanol–water partition coefficient (Wildman–Crippen LogP) is -0.866. The zero-order valence-electron chi connectivity index (χ0n) is 9.83. The van der Waals surface area contributed by atoms with E-state index in [-0.39, 0.29) is 18.3 Å². The first kappa shape index (κ1) is 13.6. The van der Waals surface area contributed by atoms with Gasteiger partial charge in [0.1, 0.15) is 12.1 Å². The lowest BCUT2D eigenvalue weighted by Gasteiger charge is -2.24. The third-order valence-electron chi connectivity index (χ3n) is 2.76. The van der Waals surface area contributed by atoms with Crippen LogP contribution >= 0.6 is 0 Å². The van der Waals surface area contributed by atoms with Crippen LogP contribution in [0.25, 0.3) is 0 Å². The van der Waals surface area contributed by atoms with Crippen molar-refractivity contribution in [2.24, 2.45) is 0 Å². The number of benzene rings is 1. The van der Waals surface area contributed by atoms with Crippen LogP contribution in [0.1, 0.15) is 11.7 Å². The van der Waals surface area contributed by atoms with E-state index in [9.17, 15) is 20.3 Å². The normalized spacial score (nSPS) is 14.6. The molecule has 0 heterocycles. The molecule has 0 amide bonds. The number of quaternary nitrogens is 1. The highest BCUT2D eigenvalue weighted by Gasteiger charge is 2.25. The fourth-order valence-electron chi connectivity index (χ4n) is 1.62. The predicted molar refractivity (Wildman–Crippen MR) is 61.7 cm³/mol. The largest absolute Gasteiger partial charge is 0.390 e. The summed E-state index contributed by atoms with van der Waals surface area (Å²) in [5.74, 6) is 0. The molecule has 0 aliphatic carbocycles. The average molecular weight is 241 g/mol. The Morgan fingerprint density at radius 2 is 1.88 bits per heavy atom. The monoisotopic (exact) mass is 241 g/mol. The van der Waals surface area contributed by atoms with Gasteiger partial charge in [-0.15, -0.1) is 0 Å². The van der Waals surface area contributed by atoms with Crippen molar-refractivity contribution in [3.05, 3.63) is 39.9 Å². The SMILES string of the molecule is C[NH+](C)[C@H](CO)[C@H](O)c1ccc([N+](=O)[O-])cc1. The maximum atomic E-state index is 10.5. The summed E-state index contributed by atoms with van der Waals surface area (Å²) in [4.78, 5) is 10.9. The lowest BCUT2D eigenvalue weighted by Crippen LogP contribution is -3.11. The molecule has 6 heteroatoms. The summed E-state index contributed by atoms with van der Waals surface area (Å²) in [6.45, 7) is -0.152. The number of likely N-dealkylation sites (N-methyl/N-ethyl adjacent to an activating group) is 1. The Balaban J connectivity index is 2.88. The molecule has 0 radical (unpaired) electrons. The summed E-state index contributed by atoms with van der Waals surface area (Å²) >= 11 is 0. The Hall–Kier alpha value is -1.50. The standard InChI is InChI=1S/C11H16N2O4/c1-12(2)10(7-14)11(15)8-3-5-9(6-4-8)13(16)17/h3-6,10-11,14-15H,7H2,1-2H3/p+1/t10-,11-/m1/s1. The van der Waals surface area contributed by atoms with E-state index in [1.165, 1.54) is 24.3 Å². The number of nitrogens with one attached hydrogen (secondary N) is 1. The summed E-state index contributed by atoms with van der Waals surface area (Å²) in [5, 5.41) is 29.7. The van der Waals surface area contributed by atoms with Gasteiger partial charge in [0, 0.05) is 12.1 Å². The van der Waals surface area contributed by atoms with Gasteiger partial charge in [0.25, 0.3) is 5.69 Å². The number of nitro benzene ring substituents is 1. The number of nitrogens with zero attached hydrogens (tertiary/aromatic N) is 1. The van der Waals surface area contributed by atoms with E-state index in [0.717, 1.165) is 4.90 Å². The van der Waals surface area contributed by atoms with E-state index < -0.39 is 11.0 Å². The van der Waals surface area contributed by atoms with Crippen molar-refractivity contribution in [1.82, 2.24) is 0 Å². The van der Waals surface area contributed by atoms with Gasteiger partial charge >= 0.3 is 0 Å². The van der Waals surface area contributed by atoms with Gasteiger partial charge in [-0.2, -0.15) is 0 Å². The highest BCUT2D eigenvalue weighted by Crippen LogP contribution is 2.19. The molecule has 94 valence electrons. The molecule has 2 atom stereocenters. The van der Waals surface area contributed by atoms with Gasteiger partial charge in [-0.3, -0.25) is 10.1 Å². The van der Waals surface area contributed by atoms with Crippen molar-refractivity contribution < 1.29 is 20.0 Å². The number of hydrogen-bond acceptors (Lipinski definition) is 4. The van der Waals surface area contributed by atoms with Gasteiger partial charge in [0.15, 0.2) is 0 Å². The highest BCUT2D eigenvalue weighted by atomic mass is 16.6. The number of aliphatic hydroxyl groups is 2. The Labute approximate surface area is 99.3 Å². The fourth-order valence-corrected chi connectivity index (χ4v) is 1.62. The zero-order valence-corrected chi connectivity index (χ0v) is 9.83. The van der Waals surface area contributed by atoms with Crippen LogP contribution in [0.15, 0.2) is 24.3 Å². The van der Waals surface area contributed by atoms with E-state index in [1.54, 1.807) is 0 Å². The van der Waals surface area contributed by atoms with Gasteiger partial charge in [-0.1, -0.05) is 0 Å². The van der Waals surface area contributed by atoms with Gasteiger partial charge in [-0.05, 0) is 17.7 Å². The summed E-state index contributed by atoms with van der Waals surface area (Å²) in [7, 11) is 3.66. The van der Waals surface area contributed by atoms with Gasteiger partial charge in [-0.25, -0.2) is 0 Å². The molecular formula is C11H17N2O4+.